The molecule has 0 bridgehead atoms. The molecule has 1 unspecified atom stereocenters. The lowest BCUT2D eigenvalue weighted by atomic mass is 9.98. The maximum absolute atomic E-state index is 12.7. The Morgan fingerprint density at radius 3 is 2.35 bits per heavy atom. The van der Waals surface area contributed by atoms with E-state index in [0.717, 1.165) is 15.4 Å². The molecule has 120 valence electrons. The highest BCUT2D eigenvalue weighted by Gasteiger charge is 2.39. The third kappa shape index (κ3) is 3.15. The first-order valence-electron chi connectivity index (χ1n) is 7.65. The van der Waals surface area contributed by atoms with Gasteiger partial charge in [0.25, 0.3) is 10.0 Å². The summed E-state index contributed by atoms with van der Waals surface area (Å²) in [6, 6.07) is 16.3. The van der Waals surface area contributed by atoms with Crippen molar-refractivity contribution in [2.24, 2.45) is 5.92 Å². The Labute approximate surface area is 136 Å². The summed E-state index contributed by atoms with van der Waals surface area (Å²) in [7, 11) is -3.75. The van der Waals surface area contributed by atoms with Crippen LogP contribution in [0.2, 0.25) is 0 Å². The zero-order valence-electron chi connectivity index (χ0n) is 13.0. The van der Waals surface area contributed by atoms with Crippen molar-refractivity contribution < 1.29 is 13.2 Å². The van der Waals surface area contributed by atoms with Crippen LogP contribution in [0.15, 0.2) is 59.5 Å². The van der Waals surface area contributed by atoms with Gasteiger partial charge in [-0.2, -0.15) is 0 Å². The van der Waals surface area contributed by atoms with Crippen LogP contribution in [0.5, 0.6) is 0 Å². The minimum absolute atomic E-state index is 0.178. The second-order valence-electron chi connectivity index (χ2n) is 5.90. The van der Waals surface area contributed by atoms with Gasteiger partial charge in [-0.1, -0.05) is 48.0 Å². The number of sulfonamides is 1. The molecule has 0 spiro atoms. The predicted molar refractivity (Wildman–Crippen MR) is 88.3 cm³/mol. The van der Waals surface area contributed by atoms with Crippen LogP contribution in [-0.2, 0) is 21.2 Å². The zero-order valence-corrected chi connectivity index (χ0v) is 13.8. The minimum Gasteiger partial charge on any atom is -0.273 e. The van der Waals surface area contributed by atoms with E-state index in [9.17, 15) is 13.2 Å². The van der Waals surface area contributed by atoms with Crippen molar-refractivity contribution in [2.45, 2.75) is 24.7 Å². The number of hydrogen-bond acceptors (Lipinski definition) is 3. The largest absolute Gasteiger partial charge is 0.273 e. The molecule has 4 nitrogen and oxygen atoms in total. The van der Waals surface area contributed by atoms with Crippen molar-refractivity contribution in [3.8, 4) is 0 Å². The van der Waals surface area contributed by atoms with E-state index >= 15 is 0 Å². The molecule has 0 saturated carbocycles. The lowest BCUT2D eigenvalue weighted by Gasteiger charge is -2.17. The Morgan fingerprint density at radius 2 is 1.70 bits per heavy atom. The molecule has 2 aromatic rings. The summed E-state index contributed by atoms with van der Waals surface area (Å²) in [5.41, 5.74) is 2.04. The van der Waals surface area contributed by atoms with E-state index < -0.39 is 10.0 Å². The van der Waals surface area contributed by atoms with E-state index in [0.29, 0.717) is 12.8 Å². The molecule has 1 saturated heterocycles. The van der Waals surface area contributed by atoms with Crippen LogP contribution < -0.4 is 0 Å². The number of hydrogen-bond donors (Lipinski definition) is 0. The van der Waals surface area contributed by atoms with Gasteiger partial charge in [-0.05, 0) is 37.5 Å². The molecule has 3 rings (SSSR count). The van der Waals surface area contributed by atoms with E-state index in [4.69, 9.17) is 0 Å². The number of nitrogens with zero attached hydrogens (tertiary/aromatic N) is 1. The number of benzene rings is 2. The first-order valence-corrected chi connectivity index (χ1v) is 9.09. The topological polar surface area (TPSA) is 54.5 Å². The van der Waals surface area contributed by atoms with Crippen molar-refractivity contribution in [3.63, 3.8) is 0 Å². The molecule has 0 aromatic heterocycles. The lowest BCUT2D eigenvalue weighted by Crippen LogP contribution is -2.34. The van der Waals surface area contributed by atoms with Crippen molar-refractivity contribution >= 4 is 15.9 Å². The molecule has 1 heterocycles. The third-order valence-corrected chi connectivity index (χ3v) is 6.02. The molecular weight excluding hydrogens is 310 g/mol. The summed E-state index contributed by atoms with van der Waals surface area (Å²) in [5.74, 6) is -0.563. The molecule has 1 amide bonds. The number of carbonyl (C=O) groups excluding carboxylic acids is 1. The zero-order chi connectivity index (χ0) is 16.4. The molecule has 0 N–H and O–H groups in total. The highest BCUT2D eigenvalue weighted by atomic mass is 32.2. The van der Waals surface area contributed by atoms with E-state index in [-0.39, 0.29) is 23.3 Å². The quantitative estimate of drug-likeness (QED) is 0.867. The Kier molecular flexibility index (Phi) is 4.22. The second-order valence-corrected chi connectivity index (χ2v) is 7.77. The van der Waals surface area contributed by atoms with Crippen LogP contribution in [0, 0.1) is 12.8 Å². The smallest absolute Gasteiger partial charge is 0.266 e. The standard InChI is InChI=1S/C18H19NO3S/c1-14-7-9-17(10-8-14)23(21,22)19-12-11-16(18(19)20)13-15-5-3-2-4-6-15/h2-10,16H,11-13H2,1H3. The van der Waals surface area contributed by atoms with E-state index in [1.165, 1.54) is 0 Å². The average molecular weight is 329 g/mol. The van der Waals surface area contributed by atoms with Gasteiger partial charge in [0.05, 0.1) is 4.90 Å². The highest BCUT2D eigenvalue weighted by molar-refractivity contribution is 7.89. The SMILES string of the molecule is Cc1ccc(S(=O)(=O)N2CCC(Cc3ccccc3)C2=O)cc1. The van der Waals surface area contributed by atoms with Crippen LogP contribution >= 0.6 is 0 Å². The molecule has 2 aromatic carbocycles. The number of amides is 1. The van der Waals surface area contributed by atoms with Crippen molar-refractivity contribution in [2.75, 3.05) is 6.54 Å². The van der Waals surface area contributed by atoms with E-state index in [2.05, 4.69) is 0 Å². The molecule has 0 aliphatic carbocycles. The van der Waals surface area contributed by atoms with E-state index in [1.807, 2.05) is 37.3 Å². The first-order chi connectivity index (χ1) is 11.0. The molecule has 1 aliphatic rings. The van der Waals surface area contributed by atoms with Crippen LogP contribution in [0.3, 0.4) is 0 Å². The molecular formula is C18H19NO3S. The fourth-order valence-corrected chi connectivity index (χ4v) is 4.34. The van der Waals surface area contributed by atoms with Gasteiger partial charge in [0.2, 0.25) is 5.91 Å². The Hall–Kier alpha value is -2.14. The Morgan fingerprint density at radius 1 is 1.04 bits per heavy atom. The lowest BCUT2D eigenvalue weighted by molar-refractivity contribution is -0.126. The van der Waals surface area contributed by atoms with Crippen LogP contribution in [0.1, 0.15) is 17.5 Å². The van der Waals surface area contributed by atoms with Gasteiger partial charge < -0.3 is 0 Å². The maximum atomic E-state index is 12.7. The van der Waals surface area contributed by atoms with Crippen molar-refractivity contribution in [3.05, 3.63) is 65.7 Å². The van der Waals surface area contributed by atoms with Crippen LogP contribution in [0.4, 0.5) is 0 Å². The molecule has 1 aliphatic heterocycles. The molecule has 0 radical (unpaired) electrons. The fourth-order valence-electron chi connectivity index (χ4n) is 2.87. The molecule has 5 heteroatoms. The predicted octanol–water partition coefficient (Wildman–Crippen LogP) is 2.77. The average Bonchev–Trinajstić information content (AvgIpc) is 2.90. The van der Waals surface area contributed by atoms with E-state index in [1.54, 1.807) is 24.3 Å². The van der Waals surface area contributed by atoms with Gasteiger partial charge in [0.1, 0.15) is 0 Å². The highest BCUT2D eigenvalue weighted by Crippen LogP contribution is 2.28. The Balaban J connectivity index is 1.79. The summed E-state index contributed by atoms with van der Waals surface area (Å²) < 4.78 is 26.4. The van der Waals surface area contributed by atoms with Gasteiger partial charge in [-0.15, -0.1) is 0 Å². The monoisotopic (exact) mass is 329 g/mol. The third-order valence-electron chi connectivity index (χ3n) is 4.21. The summed E-state index contributed by atoms with van der Waals surface area (Å²) in [5, 5.41) is 0. The van der Waals surface area contributed by atoms with Crippen LogP contribution in [-0.4, -0.2) is 25.2 Å². The summed E-state index contributed by atoms with van der Waals surface area (Å²) in [6.45, 7) is 2.15. The maximum Gasteiger partial charge on any atom is 0.266 e. The summed E-state index contributed by atoms with van der Waals surface area (Å²) in [4.78, 5) is 12.7. The van der Waals surface area contributed by atoms with Gasteiger partial charge in [0.15, 0.2) is 0 Å². The van der Waals surface area contributed by atoms with Gasteiger partial charge >= 0.3 is 0 Å². The summed E-state index contributed by atoms with van der Waals surface area (Å²) in [6.07, 6.45) is 1.15. The number of rotatable bonds is 4. The van der Waals surface area contributed by atoms with Crippen molar-refractivity contribution in [1.82, 2.24) is 4.31 Å². The fraction of sp³-hybridized carbons (Fsp3) is 0.278. The summed E-state index contributed by atoms with van der Waals surface area (Å²) >= 11 is 0. The second kappa shape index (κ2) is 6.16. The molecule has 1 atom stereocenters. The van der Waals surface area contributed by atoms with Gasteiger partial charge in [-0.25, -0.2) is 12.7 Å². The van der Waals surface area contributed by atoms with Crippen molar-refractivity contribution in [1.29, 1.82) is 0 Å². The number of carbonyl (C=O) groups is 1. The first kappa shape index (κ1) is 15.7. The molecule has 23 heavy (non-hydrogen) atoms. The normalized spacial score (nSPS) is 18.4. The van der Waals surface area contributed by atoms with Gasteiger partial charge in [-0.3, -0.25) is 4.79 Å². The Bertz CT molecular complexity index is 798. The minimum atomic E-state index is -3.75. The molecule has 1 fully saturated rings. The number of aryl methyl sites for hydroxylation is 1. The van der Waals surface area contributed by atoms with Crippen LogP contribution in [0.25, 0.3) is 0 Å². The van der Waals surface area contributed by atoms with Gasteiger partial charge in [0, 0.05) is 12.5 Å².